The zero-order chi connectivity index (χ0) is 20.1. The Kier molecular flexibility index (Phi) is 5.90. The molecule has 1 aromatic carbocycles. The first-order valence-corrected chi connectivity index (χ1v) is 9.37. The summed E-state index contributed by atoms with van der Waals surface area (Å²) in [6.07, 6.45) is 3.07. The predicted octanol–water partition coefficient (Wildman–Crippen LogP) is 4.10. The zero-order valence-electron chi connectivity index (χ0n) is 14.4. The van der Waals surface area contributed by atoms with E-state index in [1.54, 1.807) is 36.4 Å². The van der Waals surface area contributed by atoms with Gasteiger partial charge in [0.05, 0.1) is 11.3 Å². The lowest BCUT2D eigenvalue weighted by molar-refractivity contribution is 0.102. The minimum absolute atomic E-state index is 0.0183. The fourth-order valence-electron chi connectivity index (χ4n) is 2.59. The van der Waals surface area contributed by atoms with Crippen LogP contribution in [0, 0.1) is 22.7 Å². The average Bonchev–Trinajstić information content (AvgIpc) is 2.72. The van der Waals surface area contributed by atoms with E-state index in [1.165, 1.54) is 12.4 Å². The van der Waals surface area contributed by atoms with Gasteiger partial charge in [0.15, 0.2) is 5.78 Å². The summed E-state index contributed by atoms with van der Waals surface area (Å²) in [5.41, 5.74) is 7.54. The maximum Gasteiger partial charge on any atom is 0.173 e. The van der Waals surface area contributed by atoms with Crippen molar-refractivity contribution in [2.75, 3.05) is 11.5 Å². The Bertz CT molecular complexity index is 1140. The Morgan fingerprint density at radius 2 is 1.79 bits per heavy atom. The second-order valence-electron chi connectivity index (χ2n) is 5.58. The number of nitrogens with zero attached hydrogens (tertiary/aromatic N) is 4. The van der Waals surface area contributed by atoms with Crippen molar-refractivity contribution in [3.63, 3.8) is 0 Å². The van der Waals surface area contributed by atoms with Gasteiger partial charge in [0.25, 0.3) is 0 Å². The highest BCUT2D eigenvalue weighted by Gasteiger charge is 2.22. The fraction of sp³-hybridized carbons (Fsp3) is 0.0500. The molecule has 28 heavy (non-hydrogen) atoms. The predicted molar refractivity (Wildman–Crippen MR) is 108 cm³/mol. The Balaban J connectivity index is 2.06. The summed E-state index contributed by atoms with van der Waals surface area (Å²) < 4.78 is 0. The number of nitrogens with two attached hydrogens (primary N) is 1. The minimum atomic E-state index is -0.139. The second kappa shape index (κ2) is 8.53. The molecule has 3 rings (SSSR count). The van der Waals surface area contributed by atoms with E-state index in [9.17, 15) is 15.3 Å². The van der Waals surface area contributed by atoms with Crippen molar-refractivity contribution in [3.05, 3.63) is 70.5 Å². The highest BCUT2D eigenvalue weighted by molar-refractivity contribution is 8.00. The third-order valence-electron chi connectivity index (χ3n) is 3.90. The number of carbonyl (C=O) groups is 1. The van der Waals surface area contributed by atoms with Crippen LogP contribution >= 0.6 is 23.4 Å². The number of anilines is 1. The number of carbonyl (C=O) groups excluding carboxylic acids is 1. The number of Topliss-reactive ketones (excluding diaryl/α,β-unsaturated/α-hetero) is 1. The van der Waals surface area contributed by atoms with E-state index in [4.69, 9.17) is 17.3 Å². The van der Waals surface area contributed by atoms with Crippen LogP contribution in [0.1, 0.15) is 21.5 Å². The van der Waals surface area contributed by atoms with E-state index in [2.05, 4.69) is 16.0 Å². The molecule has 0 radical (unpaired) electrons. The largest absolute Gasteiger partial charge is 0.383 e. The summed E-state index contributed by atoms with van der Waals surface area (Å²) in [4.78, 5) is 20.4. The summed E-state index contributed by atoms with van der Waals surface area (Å²) in [6, 6.07) is 14.2. The van der Waals surface area contributed by atoms with Crippen LogP contribution in [0.4, 0.5) is 5.82 Å². The van der Waals surface area contributed by atoms with E-state index in [-0.39, 0.29) is 33.5 Å². The minimum Gasteiger partial charge on any atom is -0.383 e. The number of thioether (sulfide) groups is 1. The van der Waals surface area contributed by atoms with E-state index in [1.807, 2.05) is 6.07 Å². The molecule has 0 aliphatic carbocycles. The third kappa shape index (κ3) is 3.81. The van der Waals surface area contributed by atoms with Crippen molar-refractivity contribution in [1.29, 1.82) is 10.5 Å². The number of ketones is 1. The number of halogens is 1. The highest BCUT2D eigenvalue weighted by atomic mass is 35.5. The Labute approximate surface area is 170 Å². The van der Waals surface area contributed by atoms with E-state index in [0.29, 0.717) is 21.7 Å². The number of hydrogen-bond donors (Lipinski definition) is 1. The topological polar surface area (TPSA) is 116 Å². The van der Waals surface area contributed by atoms with Crippen LogP contribution in [0.2, 0.25) is 5.02 Å². The number of benzene rings is 1. The average molecular weight is 406 g/mol. The van der Waals surface area contributed by atoms with Gasteiger partial charge in [0, 0.05) is 34.1 Å². The molecular weight excluding hydrogens is 394 g/mol. The molecular formula is C20H12ClN5OS. The van der Waals surface area contributed by atoms with Crippen LogP contribution in [-0.2, 0) is 0 Å². The van der Waals surface area contributed by atoms with Gasteiger partial charge in [-0.15, -0.1) is 0 Å². The molecule has 2 aromatic heterocycles. The van der Waals surface area contributed by atoms with Crippen molar-refractivity contribution in [2.24, 2.45) is 0 Å². The number of rotatable bonds is 5. The number of nitriles is 2. The number of aromatic nitrogens is 2. The van der Waals surface area contributed by atoms with Crippen LogP contribution in [-0.4, -0.2) is 21.5 Å². The molecule has 0 aliphatic heterocycles. The molecule has 0 unspecified atom stereocenters. The van der Waals surface area contributed by atoms with Crippen LogP contribution in [0.5, 0.6) is 0 Å². The summed E-state index contributed by atoms with van der Waals surface area (Å²) in [7, 11) is 0. The first-order chi connectivity index (χ1) is 13.6. The van der Waals surface area contributed by atoms with Crippen LogP contribution in [0.3, 0.4) is 0 Å². The van der Waals surface area contributed by atoms with Gasteiger partial charge in [0.1, 0.15) is 28.5 Å². The molecule has 0 saturated heterocycles. The van der Waals surface area contributed by atoms with Crippen molar-refractivity contribution in [1.82, 2.24) is 9.97 Å². The summed E-state index contributed by atoms with van der Waals surface area (Å²) in [5, 5.41) is 19.9. The van der Waals surface area contributed by atoms with Crippen LogP contribution < -0.4 is 5.73 Å². The fourth-order valence-corrected chi connectivity index (χ4v) is 3.71. The maximum absolute atomic E-state index is 12.4. The maximum atomic E-state index is 12.4. The summed E-state index contributed by atoms with van der Waals surface area (Å²) in [6.45, 7) is 0. The molecule has 0 bridgehead atoms. The monoisotopic (exact) mass is 405 g/mol. The molecule has 0 amide bonds. The van der Waals surface area contributed by atoms with Crippen LogP contribution in [0.25, 0.3) is 11.1 Å². The molecule has 0 spiro atoms. The molecule has 0 fully saturated rings. The zero-order valence-corrected chi connectivity index (χ0v) is 16.0. The molecule has 6 nitrogen and oxygen atoms in total. The SMILES string of the molecule is N#Cc1c(N)nc(SCC(=O)c2ccncc2)c(C#N)c1-c1ccccc1Cl. The standard InChI is InChI=1S/C20H12ClN5OS/c21-16-4-2-1-3-13(16)18-14(9-22)19(24)26-20(15(18)10-23)28-11-17(27)12-5-7-25-8-6-12/h1-8H,11H2,(H2,24,26). The molecule has 2 heterocycles. The third-order valence-corrected chi connectivity index (χ3v) is 5.21. The van der Waals surface area contributed by atoms with Gasteiger partial charge in [-0.05, 0) is 18.2 Å². The van der Waals surface area contributed by atoms with E-state index in [0.717, 1.165) is 11.8 Å². The Morgan fingerprint density at radius 3 is 2.43 bits per heavy atom. The Morgan fingerprint density at radius 1 is 1.11 bits per heavy atom. The molecule has 2 N–H and O–H groups in total. The molecule has 0 atom stereocenters. The van der Waals surface area contributed by atoms with Gasteiger partial charge in [0.2, 0.25) is 0 Å². The van der Waals surface area contributed by atoms with Crippen molar-refractivity contribution < 1.29 is 4.79 Å². The van der Waals surface area contributed by atoms with Crippen molar-refractivity contribution in [3.8, 4) is 23.3 Å². The smallest absolute Gasteiger partial charge is 0.173 e. The summed E-state index contributed by atoms with van der Waals surface area (Å²) in [5.74, 6) is -0.102. The van der Waals surface area contributed by atoms with Crippen LogP contribution in [0.15, 0.2) is 53.8 Å². The van der Waals surface area contributed by atoms with Gasteiger partial charge in [-0.25, -0.2) is 4.98 Å². The molecule has 0 saturated carbocycles. The molecule has 0 aliphatic rings. The Hall–Kier alpha value is -3.39. The number of pyridine rings is 2. The van der Waals surface area contributed by atoms with Gasteiger partial charge < -0.3 is 5.73 Å². The quantitative estimate of drug-likeness (QED) is 0.501. The number of hydrogen-bond acceptors (Lipinski definition) is 7. The molecule has 3 aromatic rings. The lowest BCUT2D eigenvalue weighted by Crippen LogP contribution is -2.06. The lowest BCUT2D eigenvalue weighted by Gasteiger charge is -2.13. The summed E-state index contributed by atoms with van der Waals surface area (Å²) >= 11 is 7.37. The lowest BCUT2D eigenvalue weighted by atomic mass is 9.97. The van der Waals surface area contributed by atoms with Crippen molar-refractivity contribution >= 4 is 35.0 Å². The van der Waals surface area contributed by atoms with Crippen molar-refractivity contribution in [2.45, 2.75) is 5.03 Å². The van der Waals surface area contributed by atoms with Gasteiger partial charge in [-0.3, -0.25) is 9.78 Å². The second-order valence-corrected chi connectivity index (χ2v) is 6.95. The normalized spacial score (nSPS) is 10.1. The molecule has 8 heteroatoms. The number of nitrogen functional groups attached to an aromatic ring is 1. The van der Waals surface area contributed by atoms with E-state index >= 15 is 0 Å². The highest BCUT2D eigenvalue weighted by Crippen LogP contribution is 2.38. The van der Waals surface area contributed by atoms with E-state index < -0.39 is 0 Å². The first-order valence-electron chi connectivity index (χ1n) is 8.01. The van der Waals surface area contributed by atoms with Gasteiger partial charge in [-0.2, -0.15) is 10.5 Å². The van der Waals surface area contributed by atoms with Gasteiger partial charge >= 0.3 is 0 Å². The first kappa shape index (κ1) is 19.4. The van der Waals surface area contributed by atoms with Gasteiger partial charge in [-0.1, -0.05) is 41.6 Å². The molecule has 136 valence electrons.